The first-order chi connectivity index (χ1) is 9.06. The molecule has 102 valence electrons. The van der Waals surface area contributed by atoms with Crippen molar-refractivity contribution in [2.45, 2.75) is 19.9 Å². The molecule has 2 N–H and O–H groups in total. The summed E-state index contributed by atoms with van der Waals surface area (Å²) in [7, 11) is 1.82. The molecule has 0 saturated carbocycles. The maximum atomic E-state index is 11.8. The molecule has 0 aliphatic rings. The maximum absolute atomic E-state index is 11.8. The fraction of sp³-hybridized carbons (Fsp3) is 0.417. The van der Waals surface area contributed by atoms with E-state index in [2.05, 4.69) is 15.4 Å². The number of carbonyl (C=O) groups excluding carboxylic acids is 1. The topological polar surface area (TPSA) is 88.5 Å². The molecule has 0 saturated heterocycles. The van der Waals surface area contributed by atoms with Crippen molar-refractivity contribution in [2.75, 3.05) is 13.7 Å². The van der Waals surface area contributed by atoms with Gasteiger partial charge in [0.15, 0.2) is 0 Å². The van der Waals surface area contributed by atoms with Gasteiger partial charge < -0.3 is 15.0 Å². The molecule has 7 heteroatoms. The molecule has 7 nitrogen and oxygen atoms in total. The van der Waals surface area contributed by atoms with Crippen LogP contribution in [0.3, 0.4) is 0 Å². The zero-order valence-electron chi connectivity index (χ0n) is 11.1. The van der Waals surface area contributed by atoms with Crippen LogP contribution < -0.4 is 10.9 Å². The quantitative estimate of drug-likeness (QED) is 0.784. The van der Waals surface area contributed by atoms with E-state index in [1.165, 1.54) is 10.7 Å². The van der Waals surface area contributed by atoms with Gasteiger partial charge in [0.2, 0.25) is 0 Å². The molecule has 0 amide bonds. The minimum absolute atomic E-state index is 0.0504. The van der Waals surface area contributed by atoms with Crippen LogP contribution in [-0.2, 0) is 4.74 Å². The Balaban J connectivity index is 2.50. The Morgan fingerprint density at radius 1 is 1.63 bits per heavy atom. The molecule has 0 unspecified atom stereocenters. The summed E-state index contributed by atoms with van der Waals surface area (Å²) in [4.78, 5) is 26.0. The number of hydrogen-bond acceptors (Lipinski definition) is 5. The monoisotopic (exact) mass is 264 g/mol. The van der Waals surface area contributed by atoms with E-state index in [-0.39, 0.29) is 18.2 Å². The number of nitrogens with one attached hydrogen (secondary N) is 2. The lowest BCUT2D eigenvalue weighted by Gasteiger charge is -2.04. The molecule has 0 aliphatic carbocycles. The number of nitrogens with zero attached hydrogens (tertiary/aromatic N) is 2. The number of H-pyrrole nitrogens is 1. The normalized spacial score (nSPS) is 12.6. The average Bonchev–Trinajstić information content (AvgIpc) is 2.79. The average molecular weight is 264 g/mol. The predicted molar refractivity (Wildman–Crippen MR) is 69.2 cm³/mol. The summed E-state index contributed by atoms with van der Waals surface area (Å²) in [5, 5.41) is 7.36. The Bertz CT molecular complexity index is 659. The highest BCUT2D eigenvalue weighted by molar-refractivity contribution is 5.88. The van der Waals surface area contributed by atoms with Gasteiger partial charge in [-0.2, -0.15) is 5.10 Å². The lowest BCUT2D eigenvalue weighted by atomic mass is 10.2. The highest BCUT2D eigenvalue weighted by Gasteiger charge is 2.15. The first kappa shape index (κ1) is 13.3. The van der Waals surface area contributed by atoms with Gasteiger partial charge in [-0.15, -0.1) is 0 Å². The second-order valence-corrected chi connectivity index (χ2v) is 4.13. The number of aromatic nitrogens is 3. The van der Waals surface area contributed by atoms with E-state index in [0.29, 0.717) is 5.65 Å². The molecule has 0 aliphatic heterocycles. The SMILES string of the molecule is CCOC(=O)c1cn2nc([C@H](C)NC)cc2[nH]c1=O. The van der Waals surface area contributed by atoms with Gasteiger partial charge in [-0.05, 0) is 20.9 Å². The smallest absolute Gasteiger partial charge is 0.345 e. The third kappa shape index (κ3) is 2.50. The Morgan fingerprint density at radius 3 is 3.00 bits per heavy atom. The molecule has 0 spiro atoms. The van der Waals surface area contributed by atoms with E-state index in [1.54, 1.807) is 13.0 Å². The number of carbonyl (C=O) groups is 1. The van der Waals surface area contributed by atoms with E-state index in [1.807, 2.05) is 14.0 Å². The maximum Gasteiger partial charge on any atom is 0.345 e. The Labute approximate surface area is 109 Å². The minimum Gasteiger partial charge on any atom is -0.462 e. The predicted octanol–water partition coefficient (Wildman–Crippen LogP) is 0.480. The zero-order valence-corrected chi connectivity index (χ0v) is 11.1. The van der Waals surface area contributed by atoms with Crippen LogP contribution in [0.25, 0.3) is 5.65 Å². The molecular weight excluding hydrogens is 248 g/mol. The van der Waals surface area contributed by atoms with Crippen LogP contribution in [0.2, 0.25) is 0 Å². The summed E-state index contributed by atoms with van der Waals surface area (Å²) in [5.41, 5.74) is 0.782. The summed E-state index contributed by atoms with van der Waals surface area (Å²) in [6.07, 6.45) is 1.39. The number of ether oxygens (including phenoxy) is 1. The summed E-state index contributed by atoms with van der Waals surface area (Å²) in [5.74, 6) is -0.649. The minimum atomic E-state index is -0.649. The summed E-state index contributed by atoms with van der Waals surface area (Å²) < 4.78 is 6.29. The second-order valence-electron chi connectivity index (χ2n) is 4.13. The van der Waals surface area contributed by atoms with E-state index in [9.17, 15) is 9.59 Å². The lowest BCUT2D eigenvalue weighted by molar-refractivity contribution is 0.0523. The van der Waals surface area contributed by atoms with Gasteiger partial charge in [-0.3, -0.25) is 4.79 Å². The van der Waals surface area contributed by atoms with Crippen LogP contribution in [0, 0.1) is 0 Å². The number of esters is 1. The first-order valence-electron chi connectivity index (χ1n) is 6.03. The van der Waals surface area contributed by atoms with E-state index in [4.69, 9.17) is 4.74 Å². The van der Waals surface area contributed by atoms with Gasteiger partial charge in [-0.1, -0.05) is 0 Å². The zero-order chi connectivity index (χ0) is 14.0. The lowest BCUT2D eigenvalue weighted by Crippen LogP contribution is -2.21. The number of rotatable bonds is 4. The van der Waals surface area contributed by atoms with Crippen molar-refractivity contribution in [3.05, 3.63) is 33.9 Å². The van der Waals surface area contributed by atoms with Crippen LogP contribution in [0.1, 0.15) is 35.9 Å². The fourth-order valence-corrected chi connectivity index (χ4v) is 1.68. The Hall–Kier alpha value is -2.15. The van der Waals surface area contributed by atoms with Crippen LogP contribution in [0.15, 0.2) is 17.1 Å². The highest BCUT2D eigenvalue weighted by Crippen LogP contribution is 2.11. The fourth-order valence-electron chi connectivity index (χ4n) is 1.68. The molecule has 2 aromatic heterocycles. The van der Waals surface area contributed by atoms with Gasteiger partial charge in [0, 0.05) is 12.1 Å². The first-order valence-corrected chi connectivity index (χ1v) is 6.03. The highest BCUT2D eigenvalue weighted by atomic mass is 16.5. The molecule has 2 aromatic rings. The van der Waals surface area contributed by atoms with Gasteiger partial charge in [-0.25, -0.2) is 9.31 Å². The van der Waals surface area contributed by atoms with Crippen molar-refractivity contribution in [3.63, 3.8) is 0 Å². The van der Waals surface area contributed by atoms with E-state index < -0.39 is 11.5 Å². The van der Waals surface area contributed by atoms with Gasteiger partial charge in [0.25, 0.3) is 5.56 Å². The summed E-state index contributed by atoms with van der Waals surface area (Å²) in [6, 6.07) is 1.81. The molecule has 0 bridgehead atoms. The molecule has 2 rings (SSSR count). The van der Waals surface area contributed by atoms with Crippen LogP contribution >= 0.6 is 0 Å². The van der Waals surface area contributed by atoms with Crippen molar-refractivity contribution in [1.82, 2.24) is 19.9 Å². The van der Waals surface area contributed by atoms with Crippen LogP contribution in [0.4, 0.5) is 0 Å². The number of fused-ring (bicyclic) bond motifs is 1. The van der Waals surface area contributed by atoms with Crippen molar-refractivity contribution in [3.8, 4) is 0 Å². The van der Waals surface area contributed by atoms with Crippen molar-refractivity contribution in [2.24, 2.45) is 0 Å². The van der Waals surface area contributed by atoms with Gasteiger partial charge in [0.05, 0.1) is 18.5 Å². The second kappa shape index (κ2) is 5.23. The Morgan fingerprint density at radius 2 is 2.37 bits per heavy atom. The molecule has 19 heavy (non-hydrogen) atoms. The molecular formula is C12H16N4O3. The largest absolute Gasteiger partial charge is 0.462 e. The standard InChI is InChI=1S/C12H16N4O3/c1-4-19-12(18)8-6-16-10(14-11(8)17)5-9(15-16)7(2)13-3/h5-7,13H,4H2,1-3H3,(H,14,17)/t7-/m0/s1. The van der Waals surface area contributed by atoms with Gasteiger partial charge >= 0.3 is 5.97 Å². The van der Waals surface area contributed by atoms with E-state index in [0.717, 1.165) is 5.69 Å². The third-order valence-electron chi connectivity index (χ3n) is 2.86. The molecule has 2 heterocycles. The van der Waals surface area contributed by atoms with E-state index >= 15 is 0 Å². The van der Waals surface area contributed by atoms with Crippen LogP contribution in [0.5, 0.6) is 0 Å². The Kier molecular flexibility index (Phi) is 3.66. The number of hydrogen-bond donors (Lipinski definition) is 2. The number of aromatic amines is 1. The van der Waals surface area contributed by atoms with Gasteiger partial charge in [0.1, 0.15) is 11.2 Å². The van der Waals surface area contributed by atoms with Crippen molar-refractivity contribution < 1.29 is 9.53 Å². The molecule has 0 fully saturated rings. The molecule has 0 aromatic carbocycles. The molecule has 0 radical (unpaired) electrons. The van der Waals surface area contributed by atoms with Crippen molar-refractivity contribution in [1.29, 1.82) is 0 Å². The summed E-state index contributed by atoms with van der Waals surface area (Å²) in [6.45, 7) is 3.86. The third-order valence-corrected chi connectivity index (χ3v) is 2.86. The van der Waals surface area contributed by atoms with Crippen molar-refractivity contribution >= 4 is 11.6 Å². The summed E-state index contributed by atoms with van der Waals surface area (Å²) >= 11 is 0. The van der Waals surface area contributed by atoms with Crippen LogP contribution in [-0.4, -0.2) is 34.2 Å². The molecule has 1 atom stereocenters.